The van der Waals surface area contributed by atoms with Crippen LogP contribution in [-0.4, -0.2) is 73.4 Å². The van der Waals surface area contributed by atoms with E-state index < -0.39 is 0 Å². The van der Waals surface area contributed by atoms with Crippen LogP contribution in [0.3, 0.4) is 0 Å². The van der Waals surface area contributed by atoms with Gasteiger partial charge in [-0.25, -0.2) is 0 Å². The quantitative estimate of drug-likeness (QED) is 0.478. The van der Waals surface area contributed by atoms with Crippen LogP contribution in [0.2, 0.25) is 0 Å². The number of unbranched alkanes of at least 4 members (excludes halogenated alkanes) is 1. The number of rotatable bonds is 10. The van der Waals surface area contributed by atoms with Gasteiger partial charge in [0.1, 0.15) is 0 Å². The number of nitrogens with one attached hydrogen (secondary N) is 2. The number of carbonyl (C=O) groups excluding carboxylic acids is 1. The van der Waals surface area contributed by atoms with E-state index in [1.54, 1.807) is 0 Å². The third-order valence-electron chi connectivity index (χ3n) is 5.65. The molecule has 2 aliphatic heterocycles. The van der Waals surface area contributed by atoms with Gasteiger partial charge in [-0.2, -0.15) is 0 Å². The summed E-state index contributed by atoms with van der Waals surface area (Å²) in [6.45, 7) is 7.07. The molecule has 28 heavy (non-hydrogen) atoms. The molecule has 154 valence electrons. The zero-order valence-electron chi connectivity index (χ0n) is 16.8. The van der Waals surface area contributed by atoms with Crippen molar-refractivity contribution in [2.75, 3.05) is 39.3 Å². The molecule has 2 atom stereocenters. The summed E-state index contributed by atoms with van der Waals surface area (Å²) in [5, 5.41) is 9.97. The molecule has 6 nitrogen and oxygen atoms in total. The summed E-state index contributed by atoms with van der Waals surface area (Å²) in [6, 6.07) is 10.7. The number of nitrogens with zero attached hydrogens (tertiary/aromatic N) is 2. The predicted molar refractivity (Wildman–Crippen MR) is 112 cm³/mol. The molecule has 0 saturated carbocycles. The number of ether oxygens (including phenoxy) is 1. The molecule has 1 amide bonds. The van der Waals surface area contributed by atoms with E-state index in [-0.39, 0.29) is 12.0 Å². The Morgan fingerprint density at radius 3 is 2.57 bits per heavy atom. The van der Waals surface area contributed by atoms with Crippen LogP contribution in [0.25, 0.3) is 0 Å². The van der Waals surface area contributed by atoms with Crippen LogP contribution in [0.1, 0.15) is 37.7 Å². The van der Waals surface area contributed by atoms with Gasteiger partial charge in [0.05, 0.1) is 12.2 Å². The molecule has 1 aromatic rings. The van der Waals surface area contributed by atoms with Crippen LogP contribution in [-0.2, 0) is 16.1 Å². The number of piperazine rings is 1. The minimum absolute atomic E-state index is 0.0726. The fourth-order valence-electron chi connectivity index (χ4n) is 4.00. The Morgan fingerprint density at radius 1 is 1.11 bits per heavy atom. The van der Waals surface area contributed by atoms with Crippen molar-refractivity contribution in [3.05, 3.63) is 35.9 Å². The Balaban J connectivity index is 1.29. The highest BCUT2D eigenvalue weighted by atomic mass is 16.5. The van der Waals surface area contributed by atoms with Crippen molar-refractivity contribution in [1.29, 1.82) is 5.41 Å². The highest BCUT2D eigenvalue weighted by Crippen LogP contribution is 2.21. The fraction of sp³-hybridized carbons (Fsp3) is 0.636. The van der Waals surface area contributed by atoms with Crippen LogP contribution in [0.5, 0.6) is 0 Å². The SMILES string of the molecule is N=CCCCC(=O)NCC1CCC(CN2CCN(Cc3ccccc3)CC2)O1. The fourth-order valence-corrected chi connectivity index (χ4v) is 4.00. The summed E-state index contributed by atoms with van der Waals surface area (Å²) in [7, 11) is 0. The second kappa shape index (κ2) is 11.3. The Hall–Kier alpha value is -1.76. The van der Waals surface area contributed by atoms with Gasteiger partial charge in [-0.15, -0.1) is 0 Å². The maximum atomic E-state index is 11.8. The van der Waals surface area contributed by atoms with Crippen molar-refractivity contribution >= 4 is 12.1 Å². The molecule has 2 aliphatic rings. The van der Waals surface area contributed by atoms with E-state index in [4.69, 9.17) is 10.1 Å². The lowest BCUT2D eigenvalue weighted by Crippen LogP contribution is -2.48. The lowest BCUT2D eigenvalue weighted by molar-refractivity contribution is -0.121. The van der Waals surface area contributed by atoms with Gasteiger partial charge in [0.25, 0.3) is 0 Å². The maximum Gasteiger partial charge on any atom is 0.220 e. The molecule has 6 heteroatoms. The topological polar surface area (TPSA) is 68.7 Å². The molecule has 3 rings (SSSR count). The Morgan fingerprint density at radius 2 is 1.82 bits per heavy atom. The first-order chi connectivity index (χ1) is 13.7. The van der Waals surface area contributed by atoms with Gasteiger partial charge in [0.15, 0.2) is 0 Å². The number of carbonyl (C=O) groups is 1. The molecule has 0 aromatic heterocycles. The summed E-state index contributed by atoms with van der Waals surface area (Å²) >= 11 is 0. The summed E-state index contributed by atoms with van der Waals surface area (Å²) < 4.78 is 6.16. The van der Waals surface area contributed by atoms with Crippen LogP contribution >= 0.6 is 0 Å². The van der Waals surface area contributed by atoms with Crippen molar-refractivity contribution in [3.63, 3.8) is 0 Å². The number of benzene rings is 1. The van der Waals surface area contributed by atoms with Crippen LogP contribution in [0, 0.1) is 5.41 Å². The number of amides is 1. The van der Waals surface area contributed by atoms with Crippen LogP contribution in [0.4, 0.5) is 0 Å². The average Bonchev–Trinajstić information content (AvgIpc) is 3.16. The smallest absolute Gasteiger partial charge is 0.220 e. The van der Waals surface area contributed by atoms with E-state index in [1.807, 2.05) is 0 Å². The summed E-state index contributed by atoms with van der Waals surface area (Å²) in [6.07, 6.45) is 5.83. The lowest BCUT2D eigenvalue weighted by atomic mass is 10.1. The molecule has 2 unspecified atom stereocenters. The molecule has 0 spiro atoms. The van der Waals surface area contributed by atoms with E-state index in [0.29, 0.717) is 25.5 Å². The zero-order valence-corrected chi connectivity index (χ0v) is 16.8. The molecular weight excluding hydrogens is 352 g/mol. The van der Waals surface area contributed by atoms with Crippen molar-refractivity contribution in [2.24, 2.45) is 0 Å². The van der Waals surface area contributed by atoms with Gasteiger partial charge in [0, 0.05) is 52.2 Å². The van der Waals surface area contributed by atoms with Gasteiger partial charge in [-0.05, 0) is 37.5 Å². The van der Waals surface area contributed by atoms with Crippen molar-refractivity contribution in [1.82, 2.24) is 15.1 Å². The Bertz CT molecular complexity index is 602. The Kier molecular flexibility index (Phi) is 8.45. The third kappa shape index (κ3) is 7.00. The van der Waals surface area contributed by atoms with E-state index in [1.165, 1.54) is 11.8 Å². The predicted octanol–water partition coefficient (Wildman–Crippen LogP) is 2.29. The molecule has 0 aliphatic carbocycles. The van der Waals surface area contributed by atoms with Gasteiger partial charge >= 0.3 is 0 Å². The summed E-state index contributed by atoms with van der Waals surface area (Å²) in [5.74, 6) is 0.0726. The van der Waals surface area contributed by atoms with Gasteiger partial charge < -0.3 is 15.5 Å². The summed E-state index contributed by atoms with van der Waals surface area (Å²) in [5.41, 5.74) is 1.39. The van der Waals surface area contributed by atoms with E-state index in [2.05, 4.69) is 45.4 Å². The van der Waals surface area contributed by atoms with Gasteiger partial charge in [-0.3, -0.25) is 14.6 Å². The first-order valence-electron chi connectivity index (χ1n) is 10.6. The van der Waals surface area contributed by atoms with Crippen molar-refractivity contribution in [2.45, 2.75) is 50.9 Å². The zero-order chi connectivity index (χ0) is 19.6. The molecule has 0 radical (unpaired) electrons. The minimum Gasteiger partial charge on any atom is -0.372 e. The first-order valence-corrected chi connectivity index (χ1v) is 10.6. The monoisotopic (exact) mass is 386 g/mol. The highest BCUT2D eigenvalue weighted by Gasteiger charge is 2.28. The molecule has 2 fully saturated rings. The molecule has 2 N–H and O–H groups in total. The van der Waals surface area contributed by atoms with Crippen molar-refractivity contribution < 1.29 is 9.53 Å². The second-order valence-electron chi connectivity index (χ2n) is 7.92. The molecule has 2 heterocycles. The first kappa shape index (κ1) is 21.0. The Labute approximate surface area is 168 Å². The van der Waals surface area contributed by atoms with Crippen molar-refractivity contribution in [3.8, 4) is 0 Å². The lowest BCUT2D eigenvalue weighted by Gasteiger charge is -2.35. The molecule has 1 aromatic carbocycles. The second-order valence-corrected chi connectivity index (χ2v) is 7.92. The largest absolute Gasteiger partial charge is 0.372 e. The molecule has 0 bridgehead atoms. The minimum atomic E-state index is 0.0726. The van der Waals surface area contributed by atoms with E-state index in [0.717, 1.165) is 58.5 Å². The highest BCUT2D eigenvalue weighted by molar-refractivity contribution is 5.76. The third-order valence-corrected chi connectivity index (χ3v) is 5.65. The molecular formula is C22H34N4O2. The normalized spacial score (nSPS) is 23.6. The summed E-state index contributed by atoms with van der Waals surface area (Å²) in [4.78, 5) is 16.8. The van der Waals surface area contributed by atoms with Gasteiger partial charge in [-0.1, -0.05) is 30.3 Å². The maximum absolute atomic E-state index is 11.8. The van der Waals surface area contributed by atoms with Crippen LogP contribution in [0.15, 0.2) is 30.3 Å². The van der Waals surface area contributed by atoms with E-state index >= 15 is 0 Å². The number of hydrogen-bond donors (Lipinski definition) is 2. The van der Waals surface area contributed by atoms with Crippen LogP contribution < -0.4 is 5.32 Å². The number of hydrogen-bond acceptors (Lipinski definition) is 5. The average molecular weight is 387 g/mol. The van der Waals surface area contributed by atoms with Gasteiger partial charge in [0.2, 0.25) is 5.91 Å². The van der Waals surface area contributed by atoms with E-state index in [9.17, 15) is 4.79 Å². The molecule has 2 saturated heterocycles. The standard InChI is InChI=1S/C22H34N4O2/c23-11-5-4-8-22(27)24-16-20-9-10-21(28-20)18-26-14-12-25(13-15-26)17-19-6-2-1-3-7-19/h1-3,6-7,11,20-21,23H,4-5,8-10,12-18H2,(H,24,27).